The fraction of sp³-hybridized carbons (Fsp3) is 0.333. The van der Waals surface area contributed by atoms with Gasteiger partial charge in [0, 0.05) is 30.6 Å². The molecule has 0 bridgehead atoms. The molecule has 8 heteroatoms. The number of aryl methyl sites for hydroxylation is 1. The number of primary amides is 1. The van der Waals surface area contributed by atoms with E-state index in [-0.39, 0.29) is 0 Å². The van der Waals surface area contributed by atoms with Crippen LogP contribution in [-0.2, 0) is 13.5 Å². The Kier molecular flexibility index (Phi) is 6.05. The summed E-state index contributed by atoms with van der Waals surface area (Å²) in [6.07, 6.45) is 9.38. The first-order chi connectivity index (χ1) is 13.8. The Hall–Kier alpha value is -3.10. The molecule has 3 rings (SSSR count). The Balaban J connectivity index is 1.68. The third kappa shape index (κ3) is 4.85. The number of ether oxygens (including phenoxy) is 1. The number of rotatable bonds is 7. The molecule has 0 aliphatic carbocycles. The quantitative estimate of drug-likeness (QED) is 0.658. The molecule has 1 aliphatic heterocycles. The van der Waals surface area contributed by atoms with Gasteiger partial charge in [-0.1, -0.05) is 18.2 Å². The highest BCUT2D eigenvalue weighted by Gasteiger charge is 2.34. The highest BCUT2D eigenvalue weighted by molar-refractivity contribution is 5.82. The van der Waals surface area contributed by atoms with Crippen molar-refractivity contribution in [3.05, 3.63) is 66.1 Å². The molecule has 2 heterocycles. The number of urea groups is 1. The molecule has 2 aromatic rings. The number of aliphatic hydroxyl groups is 1. The number of carbonyl (C=O) groups is 1. The lowest BCUT2D eigenvalue weighted by Crippen LogP contribution is -2.57. The minimum atomic E-state index is -1.10. The third-order valence-electron chi connectivity index (χ3n) is 5.03. The molecule has 8 nitrogen and oxygen atoms in total. The predicted octanol–water partition coefficient (Wildman–Crippen LogP) is 1.76. The standard InChI is InChI=1S/C21H27N5O3/c1-25-13-17(12-24-25)16-6-8-21(23,26(14-16)20(22)28)9-7-18(27)10-15-4-3-5-19(11-15)29-2/h3-6,8,11-14,18,27H,7,9-10,23H2,1-2H3,(H2,22,28)/t18?,21-/m1/s1. The van der Waals surface area contributed by atoms with Gasteiger partial charge in [0.1, 0.15) is 11.4 Å². The second-order valence-corrected chi connectivity index (χ2v) is 7.27. The van der Waals surface area contributed by atoms with E-state index in [0.29, 0.717) is 19.3 Å². The number of methoxy groups -OCH3 is 1. The van der Waals surface area contributed by atoms with Crippen LogP contribution in [0.5, 0.6) is 5.75 Å². The number of nitrogens with two attached hydrogens (primary N) is 2. The molecule has 0 spiro atoms. The third-order valence-corrected chi connectivity index (χ3v) is 5.03. The minimum absolute atomic E-state index is 0.356. The molecular weight excluding hydrogens is 370 g/mol. The van der Waals surface area contributed by atoms with E-state index in [1.54, 1.807) is 30.3 Å². The average molecular weight is 397 g/mol. The summed E-state index contributed by atoms with van der Waals surface area (Å²) in [5.41, 5.74) is 13.6. The topological polar surface area (TPSA) is 120 Å². The SMILES string of the molecule is COc1cccc(CC(O)CC[C@@]2(N)C=CC(c3cnn(C)c3)=CN2C(N)=O)c1. The van der Waals surface area contributed by atoms with Crippen molar-refractivity contribution in [1.29, 1.82) is 0 Å². The first-order valence-electron chi connectivity index (χ1n) is 9.39. The van der Waals surface area contributed by atoms with Crippen LogP contribution in [0, 0.1) is 0 Å². The van der Waals surface area contributed by atoms with Crippen LogP contribution >= 0.6 is 0 Å². The number of hydrogen-bond donors (Lipinski definition) is 3. The lowest BCUT2D eigenvalue weighted by molar-refractivity contribution is 0.130. The Labute approximate surface area is 170 Å². The number of aliphatic hydroxyl groups excluding tert-OH is 1. The van der Waals surface area contributed by atoms with Crippen LogP contribution in [0.4, 0.5) is 4.79 Å². The second kappa shape index (κ2) is 8.50. The van der Waals surface area contributed by atoms with Crippen molar-refractivity contribution < 1.29 is 14.6 Å². The molecule has 29 heavy (non-hydrogen) atoms. The molecule has 0 saturated carbocycles. The van der Waals surface area contributed by atoms with Gasteiger partial charge in [0.05, 0.1) is 19.4 Å². The van der Waals surface area contributed by atoms with Crippen LogP contribution < -0.4 is 16.2 Å². The first kappa shape index (κ1) is 20.6. The van der Waals surface area contributed by atoms with Crippen LogP contribution in [0.3, 0.4) is 0 Å². The smallest absolute Gasteiger partial charge is 0.320 e. The van der Waals surface area contributed by atoms with Gasteiger partial charge in [-0.25, -0.2) is 4.79 Å². The van der Waals surface area contributed by atoms with E-state index < -0.39 is 17.8 Å². The van der Waals surface area contributed by atoms with Gasteiger partial charge in [-0.15, -0.1) is 0 Å². The number of benzene rings is 1. The zero-order valence-corrected chi connectivity index (χ0v) is 16.7. The van der Waals surface area contributed by atoms with Gasteiger partial charge in [0.25, 0.3) is 0 Å². The Bertz CT molecular complexity index is 936. The largest absolute Gasteiger partial charge is 0.497 e. The Morgan fingerprint density at radius 2 is 2.21 bits per heavy atom. The van der Waals surface area contributed by atoms with Gasteiger partial charge < -0.3 is 21.3 Å². The van der Waals surface area contributed by atoms with Crippen molar-refractivity contribution in [2.24, 2.45) is 18.5 Å². The minimum Gasteiger partial charge on any atom is -0.497 e. The fourth-order valence-electron chi connectivity index (χ4n) is 3.40. The summed E-state index contributed by atoms with van der Waals surface area (Å²) in [5, 5.41) is 14.6. The first-order valence-corrected chi connectivity index (χ1v) is 9.39. The molecule has 1 aromatic heterocycles. The van der Waals surface area contributed by atoms with Crippen LogP contribution in [0.2, 0.25) is 0 Å². The van der Waals surface area contributed by atoms with Crippen molar-refractivity contribution in [2.75, 3.05) is 7.11 Å². The molecule has 0 radical (unpaired) electrons. The van der Waals surface area contributed by atoms with Gasteiger partial charge in [-0.05, 0) is 43.0 Å². The molecule has 154 valence electrons. The van der Waals surface area contributed by atoms with Crippen molar-refractivity contribution in [3.8, 4) is 5.75 Å². The normalized spacial score (nSPS) is 19.7. The molecule has 2 atom stereocenters. The van der Waals surface area contributed by atoms with Crippen molar-refractivity contribution in [3.63, 3.8) is 0 Å². The molecule has 1 aliphatic rings. The van der Waals surface area contributed by atoms with E-state index in [1.165, 1.54) is 4.90 Å². The molecule has 2 amide bonds. The zero-order chi connectivity index (χ0) is 21.0. The fourth-order valence-corrected chi connectivity index (χ4v) is 3.40. The van der Waals surface area contributed by atoms with Gasteiger partial charge in [0.15, 0.2) is 0 Å². The number of carbonyl (C=O) groups excluding carboxylic acids is 1. The molecule has 1 unspecified atom stereocenters. The summed E-state index contributed by atoms with van der Waals surface area (Å²) in [7, 11) is 3.42. The maximum absolute atomic E-state index is 12.1. The van der Waals surface area contributed by atoms with E-state index in [2.05, 4.69) is 5.10 Å². The van der Waals surface area contributed by atoms with E-state index >= 15 is 0 Å². The summed E-state index contributed by atoms with van der Waals surface area (Å²) in [6.45, 7) is 0. The molecule has 5 N–H and O–H groups in total. The van der Waals surface area contributed by atoms with E-state index in [9.17, 15) is 9.90 Å². The average Bonchev–Trinajstić information content (AvgIpc) is 3.13. The highest BCUT2D eigenvalue weighted by atomic mass is 16.5. The maximum Gasteiger partial charge on any atom is 0.320 e. The van der Waals surface area contributed by atoms with Gasteiger partial charge >= 0.3 is 6.03 Å². The molecular formula is C21H27N5O3. The van der Waals surface area contributed by atoms with Crippen LogP contribution in [-0.4, -0.2) is 44.7 Å². The van der Waals surface area contributed by atoms with E-state index in [4.69, 9.17) is 16.2 Å². The van der Waals surface area contributed by atoms with Gasteiger partial charge in [-0.2, -0.15) is 5.10 Å². The number of hydrogen-bond acceptors (Lipinski definition) is 5. The van der Waals surface area contributed by atoms with Crippen molar-refractivity contribution in [2.45, 2.75) is 31.0 Å². The molecule has 0 fully saturated rings. The zero-order valence-electron chi connectivity index (χ0n) is 16.7. The summed E-state index contributed by atoms with van der Waals surface area (Å²) >= 11 is 0. The maximum atomic E-state index is 12.1. The number of amides is 2. The second-order valence-electron chi connectivity index (χ2n) is 7.27. The lowest BCUT2D eigenvalue weighted by atomic mass is 9.93. The molecule has 0 saturated heterocycles. The monoisotopic (exact) mass is 397 g/mol. The van der Waals surface area contributed by atoms with Gasteiger partial charge in [-0.3, -0.25) is 9.58 Å². The highest BCUT2D eigenvalue weighted by Crippen LogP contribution is 2.29. The van der Waals surface area contributed by atoms with E-state index in [0.717, 1.165) is 22.4 Å². The number of allylic oxidation sites excluding steroid dienone is 2. The van der Waals surface area contributed by atoms with E-state index in [1.807, 2.05) is 43.6 Å². The van der Waals surface area contributed by atoms with Gasteiger partial charge in [0.2, 0.25) is 0 Å². The predicted molar refractivity (Wildman–Crippen MR) is 111 cm³/mol. The summed E-state index contributed by atoms with van der Waals surface area (Å²) in [6, 6.07) is 6.91. The summed E-state index contributed by atoms with van der Waals surface area (Å²) in [4.78, 5) is 13.4. The number of aromatic nitrogens is 2. The summed E-state index contributed by atoms with van der Waals surface area (Å²) in [5.74, 6) is 0.744. The molecule has 1 aromatic carbocycles. The van der Waals surface area contributed by atoms with Crippen molar-refractivity contribution in [1.82, 2.24) is 14.7 Å². The van der Waals surface area contributed by atoms with Crippen LogP contribution in [0.1, 0.15) is 24.0 Å². The Morgan fingerprint density at radius 3 is 2.86 bits per heavy atom. The lowest BCUT2D eigenvalue weighted by Gasteiger charge is -2.38. The van der Waals surface area contributed by atoms with Crippen molar-refractivity contribution >= 4 is 11.6 Å². The summed E-state index contributed by atoms with van der Waals surface area (Å²) < 4.78 is 6.89. The van der Waals surface area contributed by atoms with Crippen LogP contribution in [0.25, 0.3) is 5.57 Å². The number of nitrogens with zero attached hydrogens (tertiary/aromatic N) is 3. The van der Waals surface area contributed by atoms with Crippen LogP contribution in [0.15, 0.2) is 55.0 Å². The Morgan fingerprint density at radius 1 is 1.41 bits per heavy atom.